The summed E-state index contributed by atoms with van der Waals surface area (Å²) < 4.78 is 16.5. The molecule has 0 aromatic carbocycles. The van der Waals surface area contributed by atoms with Gasteiger partial charge in [0.15, 0.2) is 0 Å². The molecule has 0 unspecified atom stereocenters. The van der Waals surface area contributed by atoms with Gasteiger partial charge in [0.25, 0.3) is 0 Å². The Morgan fingerprint density at radius 1 is 0.789 bits per heavy atom. The molecule has 0 aliphatic rings. The molecular formula is C14H31BrO3Si. The lowest BCUT2D eigenvalue weighted by Gasteiger charge is -2.25. The first-order valence-electron chi connectivity index (χ1n) is 7.55. The number of halogens is 1. The maximum atomic E-state index is 5.61. The zero-order valence-corrected chi connectivity index (χ0v) is 15.5. The molecule has 0 bridgehead atoms. The summed E-state index contributed by atoms with van der Waals surface area (Å²) in [6.45, 7) is 2.26. The van der Waals surface area contributed by atoms with Crippen LogP contribution in [0.1, 0.15) is 64.7 Å². The fourth-order valence-electron chi connectivity index (χ4n) is 2.21. The molecule has 0 aromatic rings. The number of hydrogen-bond acceptors (Lipinski definition) is 3. The Labute approximate surface area is 128 Å². The van der Waals surface area contributed by atoms with Crippen LogP contribution in [0.5, 0.6) is 0 Å². The topological polar surface area (TPSA) is 27.7 Å². The lowest BCUT2D eigenvalue weighted by molar-refractivity contribution is 0.118. The van der Waals surface area contributed by atoms with E-state index in [1.54, 1.807) is 14.2 Å². The van der Waals surface area contributed by atoms with Crippen molar-refractivity contribution in [2.24, 2.45) is 0 Å². The quantitative estimate of drug-likeness (QED) is 0.246. The second-order valence-corrected chi connectivity index (χ2v) is 8.35. The van der Waals surface area contributed by atoms with Crippen LogP contribution in [0.3, 0.4) is 0 Å². The number of unbranched alkanes of at least 4 members (excludes halogenated alkanes) is 8. The van der Waals surface area contributed by atoms with Crippen molar-refractivity contribution in [2.75, 3.05) is 19.7 Å². The van der Waals surface area contributed by atoms with E-state index in [9.17, 15) is 0 Å². The SMILES string of the molecule is CCCCCCCCCCC[Si](OC)(OC)OCBr. The second kappa shape index (κ2) is 13.6. The minimum atomic E-state index is -2.38. The minimum Gasteiger partial charge on any atom is -0.377 e. The van der Waals surface area contributed by atoms with Gasteiger partial charge >= 0.3 is 8.80 Å². The molecule has 0 fully saturated rings. The summed E-state index contributed by atoms with van der Waals surface area (Å²) in [6.07, 6.45) is 12.0. The molecule has 0 spiro atoms. The van der Waals surface area contributed by atoms with Crippen molar-refractivity contribution >= 4 is 24.7 Å². The predicted octanol–water partition coefficient (Wildman–Crippen LogP) is 5.12. The lowest BCUT2D eigenvalue weighted by Crippen LogP contribution is -2.43. The Morgan fingerprint density at radius 2 is 1.26 bits per heavy atom. The largest absolute Gasteiger partial charge is 0.501 e. The molecule has 5 heteroatoms. The lowest BCUT2D eigenvalue weighted by atomic mass is 10.1. The van der Waals surface area contributed by atoms with Crippen LogP contribution in [-0.2, 0) is 13.3 Å². The fraction of sp³-hybridized carbons (Fsp3) is 1.00. The third-order valence-corrected chi connectivity index (χ3v) is 6.93. The van der Waals surface area contributed by atoms with Crippen molar-refractivity contribution in [3.8, 4) is 0 Å². The average molecular weight is 355 g/mol. The number of alkyl halides is 1. The molecule has 0 amide bonds. The highest BCUT2D eigenvalue weighted by Gasteiger charge is 2.37. The van der Waals surface area contributed by atoms with Gasteiger partial charge in [-0.05, 0) is 6.42 Å². The van der Waals surface area contributed by atoms with Gasteiger partial charge in [0.2, 0.25) is 0 Å². The summed E-state index contributed by atoms with van der Waals surface area (Å²) in [5.74, 6) is 0. The first-order valence-corrected chi connectivity index (χ1v) is 10.6. The molecule has 19 heavy (non-hydrogen) atoms. The van der Waals surface area contributed by atoms with Crippen molar-refractivity contribution in [2.45, 2.75) is 70.8 Å². The van der Waals surface area contributed by atoms with Crippen molar-refractivity contribution in [3.05, 3.63) is 0 Å². The van der Waals surface area contributed by atoms with Crippen LogP contribution in [0.4, 0.5) is 0 Å². The van der Waals surface area contributed by atoms with Crippen LogP contribution < -0.4 is 0 Å². The molecule has 116 valence electrons. The van der Waals surface area contributed by atoms with Gasteiger partial charge in [-0.2, -0.15) is 0 Å². The standard InChI is InChI=1S/C14H31BrO3Si/c1-4-5-6-7-8-9-10-11-12-13-19(16-2,17-3)18-14-15/h4-14H2,1-3H3. The van der Waals surface area contributed by atoms with Crippen molar-refractivity contribution in [1.82, 2.24) is 0 Å². The smallest absolute Gasteiger partial charge is 0.377 e. The Bertz CT molecular complexity index is 190. The fourth-order valence-corrected chi connectivity index (χ4v) is 5.06. The number of rotatable bonds is 14. The van der Waals surface area contributed by atoms with E-state index in [0.29, 0.717) is 5.52 Å². The van der Waals surface area contributed by atoms with E-state index in [1.807, 2.05) is 0 Å². The molecule has 0 N–H and O–H groups in total. The monoisotopic (exact) mass is 354 g/mol. The second-order valence-electron chi connectivity index (χ2n) is 4.92. The van der Waals surface area contributed by atoms with Gasteiger partial charge in [0.1, 0.15) is 0 Å². The van der Waals surface area contributed by atoms with Gasteiger partial charge < -0.3 is 13.3 Å². The summed E-state index contributed by atoms with van der Waals surface area (Å²) in [6, 6.07) is 0.918. The van der Waals surface area contributed by atoms with Gasteiger partial charge in [-0.15, -0.1) is 0 Å². The third-order valence-electron chi connectivity index (χ3n) is 3.48. The van der Waals surface area contributed by atoms with E-state index in [4.69, 9.17) is 13.3 Å². The Kier molecular flexibility index (Phi) is 14.0. The molecule has 0 aliphatic heterocycles. The van der Waals surface area contributed by atoms with Crippen molar-refractivity contribution in [3.63, 3.8) is 0 Å². The molecule has 0 rings (SSSR count). The highest BCUT2D eigenvalue weighted by Crippen LogP contribution is 2.19. The molecule has 0 heterocycles. The Balaban J connectivity index is 3.50. The molecular weight excluding hydrogens is 324 g/mol. The minimum absolute atomic E-state index is 0.484. The van der Waals surface area contributed by atoms with Crippen molar-refractivity contribution in [1.29, 1.82) is 0 Å². The molecule has 0 aromatic heterocycles. The normalized spacial score (nSPS) is 12.0. The van der Waals surface area contributed by atoms with Crippen LogP contribution in [0.15, 0.2) is 0 Å². The summed E-state index contributed by atoms with van der Waals surface area (Å²) in [4.78, 5) is 0. The molecule has 3 nitrogen and oxygen atoms in total. The maximum Gasteiger partial charge on any atom is 0.501 e. The van der Waals surface area contributed by atoms with Gasteiger partial charge in [-0.3, -0.25) is 0 Å². The van der Waals surface area contributed by atoms with E-state index >= 15 is 0 Å². The summed E-state index contributed by atoms with van der Waals surface area (Å²) in [5.41, 5.74) is 0.484. The molecule has 0 radical (unpaired) electrons. The van der Waals surface area contributed by atoms with Crippen LogP contribution >= 0.6 is 15.9 Å². The third kappa shape index (κ3) is 10.0. The molecule has 0 saturated heterocycles. The average Bonchev–Trinajstić information content (AvgIpc) is 2.44. The van der Waals surface area contributed by atoms with Gasteiger partial charge in [-0.1, -0.05) is 74.2 Å². The molecule has 0 atom stereocenters. The van der Waals surface area contributed by atoms with E-state index in [1.165, 1.54) is 51.4 Å². The molecule has 0 aliphatic carbocycles. The van der Waals surface area contributed by atoms with Gasteiger partial charge in [0, 0.05) is 20.3 Å². The first kappa shape index (κ1) is 19.6. The molecule has 0 saturated carbocycles. The first-order chi connectivity index (χ1) is 9.24. The van der Waals surface area contributed by atoms with Crippen LogP contribution in [0.25, 0.3) is 0 Å². The van der Waals surface area contributed by atoms with Crippen molar-refractivity contribution < 1.29 is 13.3 Å². The van der Waals surface area contributed by atoms with Crippen LogP contribution in [-0.4, -0.2) is 28.5 Å². The van der Waals surface area contributed by atoms with E-state index in [-0.39, 0.29) is 0 Å². The van der Waals surface area contributed by atoms with Gasteiger partial charge in [-0.25, -0.2) is 0 Å². The van der Waals surface area contributed by atoms with Crippen LogP contribution in [0, 0.1) is 0 Å². The predicted molar refractivity (Wildman–Crippen MR) is 86.7 cm³/mol. The summed E-state index contributed by atoms with van der Waals surface area (Å²) in [7, 11) is 0.997. The highest BCUT2D eigenvalue weighted by atomic mass is 79.9. The summed E-state index contributed by atoms with van der Waals surface area (Å²) in [5, 5.41) is 0. The van der Waals surface area contributed by atoms with Gasteiger partial charge in [0.05, 0.1) is 5.52 Å². The Morgan fingerprint density at radius 3 is 1.68 bits per heavy atom. The van der Waals surface area contributed by atoms with E-state index in [2.05, 4.69) is 22.9 Å². The summed E-state index contributed by atoms with van der Waals surface area (Å²) >= 11 is 3.28. The highest BCUT2D eigenvalue weighted by molar-refractivity contribution is 9.09. The Hall–Kier alpha value is 0.577. The maximum absolute atomic E-state index is 5.61. The zero-order chi connectivity index (χ0) is 14.4. The van der Waals surface area contributed by atoms with E-state index < -0.39 is 8.80 Å². The zero-order valence-electron chi connectivity index (χ0n) is 12.9. The number of hydrogen-bond donors (Lipinski definition) is 0. The van der Waals surface area contributed by atoms with E-state index in [0.717, 1.165) is 12.5 Å². The van der Waals surface area contributed by atoms with Crippen LogP contribution in [0.2, 0.25) is 6.04 Å².